The maximum absolute atomic E-state index is 11.9. The van der Waals surface area contributed by atoms with Crippen LogP contribution in [0.1, 0.15) is 91.4 Å². The van der Waals surface area contributed by atoms with Crippen molar-refractivity contribution in [1.29, 1.82) is 0 Å². The van der Waals surface area contributed by atoms with Crippen LogP contribution in [0.25, 0.3) is 0 Å². The first-order valence-electron chi connectivity index (χ1n) is 9.70. The molecule has 144 valence electrons. The summed E-state index contributed by atoms with van der Waals surface area (Å²) in [5.41, 5.74) is 0. The summed E-state index contributed by atoms with van der Waals surface area (Å²) in [5.74, 6) is 1.40. The molecule has 0 fully saturated rings. The second-order valence-corrected chi connectivity index (χ2v) is 10.2. The molecule has 24 heavy (non-hydrogen) atoms. The number of carbonyl (C=O) groups is 1. The molecule has 0 rings (SSSR count). The van der Waals surface area contributed by atoms with Crippen LogP contribution in [0.3, 0.4) is 0 Å². The Hall–Kier alpha value is 0.130. The van der Waals surface area contributed by atoms with Gasteiger partial charge in [0.25, 0.3) is 0 Å². The van der Waals surface area contributed by atoms with E-state index in [-0.39, 0.29) is 17.3 Å². The van der Waals surface area contributed by atoms with E-state index in [9.17, 15) is 4.79 Å². The number of hydrogen-bond acceptors (Lipinski definition) is 4. The summed E-state index contributed by atoms with van der Waals surface area (Å²) in [6.07, 6.45) is 12.2. The number of carbonyl (C=O) groups excluding carboxylic acids is 1. The molecule has 0 aromatic rings. The zero-order chi connectivity index (χ0) is 18.1. The fourth-order valence-electron chi connectivity index (χ4n) is 2.33. The average Bonchev–Trinajstić information content (AvgIpc) is 2.55. The highest BCUT2D eigenvalue weighted by atomic mass is 33.1. The maximum atomic E-state index is 11.9. The van der Waals surface area contributed by atoms with Gasteiger partial charge in [-0.15, -0.1) is 0 Å². The van der Waals surface area contributed by atoms with Crippen molar-refractivity contribution in [3.8, 4) is 0 Å². The highest BCUT2D eigenvalue weighted by Gasteiger charge is 2.20. The van der Waals surface area contributed by atoms with Gasteiger partial charge in [0.1, 0.15) is 0 Å². The monoisotopic (exact) mass is 377 g/mol. The minimum Gasteiger partial charge on any atom is -0.396 e. The van der Waals surface area contributed by atoms with Gasteiger partial charge in [-0.3, -0.25) is 4.79 Å². The van der Waals surface area contributed by atoms with Gasteiger partial charge in [0.15, 0.2) is 0 Å². The number of amides is 1. The van der Waals surface area contributed by atoms with Crippen LogP contribution in [0.5, 0.6) is 0 Å². The van der Waals surface area contributed by atoms with Crippen molar-refractivity contribution in [1.82, 2.24) is 5.32 Å². The van der Waals surface area contributed by atoms with Gasteiger partial charge in [0.2, 0.25) is 5.91 Å². The third-order valence-corrected chi connectivity index (χ3v) is 7.41. The molecule has 5 heteroatoms. The van der Waals surface area contributed by atoms with E-state index in [4.69, 9.17) is 5.11 Å². The van der Waals surface area contributed by atoms with E-state index in [1.807, 2.05) is 21.6 Å². The van der Waals surface area contributed by atoms with Crippen molar-refractivity contribution in [3.63, 3.8) is 0 Å². The summed E-state index contributed by atoms with van der Waals surface area (Å²) in [5, 5.41) is 11.7. The molecule has 3 nitrogen and oxygen atoms in total. The smallest absolute Gasteiger partial charge is 0.220 e. The minimum absolute atomic E-state index is 0.159. The summed E-state index contributed by atoms with van der Waals surface area (Å²) in [4.78, 5) is 11.9. The van der Waals surface area contributed by atoms with Gasteiger partial charge >= 0.3 is 0 Å². The topological polar surface area (TPSA) is 49.3 Å². The second-order valence-electron chi connectivity index (χ2n) is 7.07. The molecule has 0 atom stereocenters. The fourth-order valence-corrected chi connectivity index (χ4v) is 5.05. The van der Waals surface area contributed by atoms with E-state index in [0.717, 1.165) is 38.6 Å². The zero-order valence-electron chi connectivity index (χ0n) is 16.1. The summed E-state index contributed by atoms with van der Waals surface area (Å²) >= 11 is 0. The van der Waals surface area contributed by atoms with Crippen LogP contribution in [0.2, 0.25) is 0 Å². The molecule has 0 spiro atoms. The summed E-state index contributed by atoms with van der Waals surface area (Å²) in [6, 6.07) is 0. The number of hydrogen-bond donors (Lipinski definition) is 2. The van der Waals surface area contributed by atoms with Gasteiger partial charge in [-0.05, 0) is 39.5 Å². The Balaban J connectivity index is 3.55. The summed E-state index contributed by atoms with van der Waals surface area (Å²) in [7, 11) is 3.90. The quantitative estimate of drug-likeness (QED) is 0.257. The van der Waals surface area contributed by atoms with Gasteiger partial charge in [-0.25, -0.2) is 0 Å². The lowest BCUT2D eigenvalue weighted by molar-refractivity contribution is -0.121. The molecule has 0 aliphatic rings. The summed E-state index contributed by atoms with van der Waals surface area (Å²) in [6.45, 7) is 7.77. The third kappa shape index (κ3) is 17.0. The van der Waals surface area contributed by atoms with Crippen LogP contribution in [0.4, 0.5) is 0 Å². The van der Waals surface area contributed by atoms with Crippen molar-refractivity contribution in [2.24, 2.45) is 0 Å². The number of aliphatic hydroxyl groups is 1. The Kier molecular flexibility index (Phi) is 16.7. The number of rotatable bonds is 17. The second kappa shape index (κ2) is 16.6. The first-order valence-corrected chi connectivity index (χ1v) is 12.0. The Bertz CT molecular complexity index is 299. The molecular formula is C19H39NO2S2. The zero-order valence-corrected chi connectivity index (χ0v) is 17.7. The van der Waals surface area contributed by atoms with Crippen LogP contribution < -0.4 is 5.32 Å². The normalized spacial score (nSPS) is 11.7. The molecule has 0 aliphatic carbocycles. The minimum atomic E-state index is 0.159. The average molecular weight is 378 g/mol. The molecule has 0 bridgehead atoms. The molecule has 0 aromatic carbocycles. The molecule has 0 aromatic heterocycles. The van der Waals surface area contributed by atoms with E-state index in [0.29, 0.717) is 6.42 Å². The molecule has 0 unspecified atom stereocenters. The number of nitrogens with one attached hydrogen (secondary N) is 1. The van der Waals surface area contributed by atoms with Crippen LogP contribution >= 0.6 is 21.6 Å². The first-order chi connectivity index (χ1) is 11.5. The number of aliphatic hydroxyl groups excluding tert-OH is 1. The molecular weight excluding hydrogens is 338 g/mol. The highest BCUT2D eigenvalue weighted by Crippen LogP contribution is 2.39. The predicted molar refractivity (Wildman–Crippen MR) is 111 cm³/mol. The van der Waals surface area contributed by atoms with Gasteiger partial charge in [-0.1, -0.05) is 67.0 Å². The van der Waals surface area contributed by atoms with Crippen molar-refractivity contribution >= 4 is 27.5 Å². The lowest BCUT2D eigenvalue weighted by atomic mass is 10.1. The predicted octanol–water partition coefficient (Wildman–Crippen LogP) is 5.57. The molecule has 0 saturated heterocycles. The van der Waals surface area contributed by atoms with Crippen molar-refractivity contribution in [3.05, 3.63) is 0 Å². The van der Waals surface area contributed by atoms with E-state index in [1.54, 1.807) is 0 Å². The van der Waals surface area contributed by atoms with E-state index < -0.39 is 0 Å². The van der Waals surface area contributed by atoms with E-state index in [1.165, 1.54) is 37.9 Å². The Labute approximate surface area is 157 Å². The molecule has 2 N–H and O–H groups in total. The standard InChI is InChI=1S/C19H39NO2S2/c1-4-5-6-9-12-17-23-24-19(2,3)14-13-18(22)20-15-10-7-8-11-16-21/h21H,4-17H2,1-3H3,(H,20,22). The lowest BCUT2D eigenvalue weighted by Crippen LogP contribution is -2.26. The Morgan fingerprint density at radius 3 is 2.38 bits per heavy atom. The van der Waals surface area contributed by atoms with Crippen LogP contribution in [-0.2, 0) is 4.79 Å². The molecule has 1 amide bonds. The van der Waals surface area contributed by atoms with Crippen LogP contribution in [0.15, 0.2) is 0 Å². The van der Waals surface area contributed by atoms with E-state index >= 15 is 0 Å². The maximum Gasteiger partial charge on any atom is 0.220 e. The van der Waals surface area contributed by atoms with Gasteiger partial charge in [-0.2, -0.15) is 0 Å². The van der Waals surface area contributed by atoms with Gasteiger partial charge < -0.3 is 10.4 Å². The summed E-state index contributed by atoms with van der Waals surface area (Å²) < 4.78 is 0.159. The fraction of sp³-hybridized carbons (Fsp3) is 0.947. The van der Waals surface area contributed by atoms with Crippen LogP contribution in [-0.4, -0.2) is 34.7 Å². The molecule has 0 heterocycles. The molecule has 0 saturated carbocycles. The van der Waals surface area contributed by atoms with Gasteiger partial charge in [0.05, 0.1) is 0 Å². The SMILES string of the molecule is CCCCCCCSSC(C)(C)CCC(=O)NCCCCCCO. The van der Waals surface area contributed by atoms with Crippen molar-refractivity contribution < 1.29 is 9.90 Å². The largest absolute Gasteiger partial charge is 0.396 e. The molecule has 0 radical (unpaired) electrons. The van der Waals surface area contributed by atoms with E-state index in [2.05, 4.69) is 26.1 Å². The Morgan fingerprint density at radius 1 is 1.00 bits per heavy atom. The third-order valence-electron chi connectivity index (χ3n) is 3.98. The Morgan fingerprint density at radius 2 is 1.67 bits per heavy atom. The van der Waals surface area contributed by atoms with Crippen molar-refractivity contribution in [2.75, 3.05) is 18.9 Å². The highest BCUT2D eigenvalue weighted by molar-refractivity contribution is 8.77. The van der Waals surface area contributed by atoms with Crippen LogP contribution in [0, 0.1) is 0 Å². The van der Waals surface area contributed by atoms with Gasteiger partial charge in [0, 0.05) is 30.1 Å². The molecule has 0 aliphatic heterocycles. The lowest BCUT2D eigenvalue weighted by Gasteiger charge is -2.22. The van der Waals surface area contributed by atoms with Crippen molar-refractivity contribution in [2.45, 2.75) is 96.1 Å². The number of unbranched alkanes of at least 4 members (excludes halogenated alkanes) is 7. The first kappa shape index (κ1) is 24.1.